The van der Waals surface area contributed by atoms with Gasteiger partial charge in [-0.15, -0.1) is 0 Å². The Morgan fingerprint density at radius 3 is 2.76 bits per heavy atom. The third kappa shape index (κ3) is 2.46. The summed E-state index contributed by atoms with van der Waals surface area (Å²) in [5.74, 6) is 1.27. The lowest BCUT2D eigenvalue weighted by atomic mass is 10.0. The largest absolute Gasteiger partial charge is 0.383 e. The maximum absolute atomic E-state index is 6.15. The molecule has 3 rings (SSSR count). The van der Waals surface area contributed by atoms with Gasteiger partial charge in [0.05, 0.1) is 11.1 Å². The molecule has 0 spiro atoms. The van der Waals surface area contributed by atoms with E-state index >= 15 is 0 Å². The summed E-state index contributed by atoms with van der Waals surface area (Å²) in [4.78, 5) is 8.95. The van der Waals surface area contributed by atoms with Gasteiger partial charge in [0, 0.05) is 12.0 Å². The Hall–Kier alpha value is -2.43. The average Bonchev–Trinajstić information content (AvgIpc) is 2.90. The van der Waals surface area contributed by atoms with Crippen molar-refractivity contribution in [3.05, 3.63) is 35.7 Å². The molecule has 3 aromatic rings. The van der Waals surface area contributed by atoms with Gasteiger partial charge < -0.3 is 5.73 Å². The number of nitrogens with one attached hydrogen (secondary N) is 1. The van der Waals surface area contributed by atoms with Crippen LogP contribution in [0.2, 0.25) is 0 Å². The smallest absolute Gasteiger partial charge is 0.187 e. The fraction of sp³-hybridized carbons (Fsp3) is 0.312. The maximum atomic E-state index is 6.15. The fourth-order valence-corrected chi connectivity index (χ4v) is 2.49. The number of rotatable bonds is 4. The van der Waals surface area contributed by atoms with Crippen LogP contribution >= 0.6 is 0 Å². The minimum Gasteiger partial charge on any atom is -0.383 e. The number of fused-ring (bicyclic) bond motifs is 1. The van der Waals surface area contributed by atoms with Crippen LogP contribution in [0.3, 0.4) is 0 Å². The van der Waals surface area contributed by atoms with E-state index in [1.807, 2.05) is 18.2 Å². The first-order valence-electron chi connectivity index (χ1n) is 7.27. The monoisotopic (exact) mass is 281 g/mol. The summed E-state index contributed by atoms with van der Waals surface area (Å²) in [5.41, 5.74) is 9.93. The molecular formula is C16H19N5. The molecule has 5 nitrogen and oxygen atoms in total. The van der Waals surface area contributed by atoms with E-state index in [1.165, 1.54) is 0 Å². The number of aryl methyl sites for hydroxylation is 2. The van der Waals surface area contributed by atoms with Crippen LogP contribution in [0.25, 0.3) is 22.3 Å². The van der Waals surface area contributed by atoms with Crippen LogP contribution in [0.5, 0.6) is 0 Å². The third-order valence-electron chi connectivity index (χ3n) is 3.66. The highest BCUT2D eigenvalue weighted by Gasteiger charge is 2.15. The Labute approximate surface area is 123 Å². The van der Waals surface area contributed by atoms with Crippen molar-refractivity contribution in [3.63, 3.8) is 0 Å². The van der Waals surface area contributed by atoms with E-state index in [9.17, 15) is 0 Å². The van der Waals surface area contributed by atoms with Crippen molar-refractivity contribution in [1.82, 2.24) is 20.2 Å². The number of aromatic amines is 1. The van der Waals surface area contributed by atoms with E-state index in [4.69, 9.17) is 5.73 Å². The van der Waals surface area contributed by atoms with Crippen molar-refractivity contribution >= 4 is 16.9 Å². The molecule has 0 fully saturated rings. The minimum absolute atomic E-state index is 0.498. The zero-order valence-corrected chi connectivity index (χ0v) is 12.3. The van der Waals surface area contributed by atoms with E-state index in [2.05, 4.69) is 40.1 Å². The van der Waals surface area contributed by atoms with Crippen LogP contribution in [-0.4, -0.2) is 20.2 Å². The summed E-state index contributed by atoms with van der Waals surface area (Å²) in [6.45, 7) is 4.21. The zero-order valence-electron chi connectivity index (χ0n) is 12.3. The first kappa shape index (κ1) is 13.5. The van der Waals surface area contributed by atoms with Crippen LogP contribution in [-0.2, 0) is 6.42 Å². The highest BCUT2D eigenvalue weighted by atomic mass is 15.2. The van der Waals surface area contributed by atoms with Crippen molar-refractivity contribution < 1.29 is 0 Å². The molecule has 108 valence electrons. The summed E-state index contributed by atoms with van der Waals surface area (Å²) >= 11 is 0. The molecule has 0 radical (unpaired) electrons. The molecule has 0 saturated heterocycles. The van der Waals surface area contributed by atoms with Gasteiger partial charge in [0.2, 0.25) is 0 Å². The van der Waals surface area contributed by atoms with Gasteiger partial charge in [-0.2, -0.15) is 5.10 Å². The second-order valence-electron chi connectivity index (χ2n) is 5.24. The Balaban J connectivity index is 2.13. The number of nitrogens with two attached hydrogens (primary N) is 1. The first-order valence-corrected chi connectivity index (χ1v) is 7.27. The molecule has 0 aliphatic rings. The number of nitrogen functional groups attached to an aromatic ring is 1. The van der Waals surface area contributed by atoms with Crippen molar-refractivity contribution in [2.45, 2.75) is 33.1 Å². The molecule has 0 atom stereocenters. The number of benzene rings is 1. The van der Waals surface area contributed by atoms with Gasteiger partial charge in [-0.3, -0.25) is 5.10 Å². The molecule has 0 unspecified atom stereocenters. The summed E-state index contributed by atoms with van der Waals surface area (Å²) in [6, 6.07) is 8.13. The molecule has 0 amide bonds. The minimum atomic E-state index is 0.498. The molecular weight excluding hydrogens is 262 g/mol. The summed E-state index contributed by atoms with van der Waals surface area (Å²) in [7, 11) is 0. The number of H-pyrrole nitrogens is 1. The van der Waals surface area contributed by atoms with E-state index in [0.29, 0.717) is 11.5 Å². The fourth-order valence-electron chi connectivity index (χ4n) is 2.49. The van der Waals surface area contributed by atoms with Crippen molar-refractivity contribution in [1.29, 1.82) is 0 Å². The van der Waals surface area contributed by atoms with Crippen molar-refractivity contribution in [2.24, 2.45) is 0 Å². The predicted octanol–water partition coefficient (Wildman–Crippen LogP) is 3.25. The lowest BCUT2D eigenvalue weighted by molar-refractivity contribution is 0.757. The molecule has 0 saturated carbocycles. The topological polar surface area (TPSA) is 80.5 Å². The number of aromatic nitrogens is 4. The second-order valence-corrected chi connectivity index (χ2v) is 5.24. The highest BCUT2D eigenvalue weighted by molar-refractivity contribution is 5.98. The molecule has 2 heterocycles. The maximum Gasteiger partial charge on any atom is 0.187 e. The van der Waals surface area contributed by atoms with Crippen LogP contribution in [0.4, 0.5) is 5.82 Å². The molecule has 1 aromatic carbocycles. The van der Waals surface area contributed by atoms with Crippen molar-refractivity contribution in [2.75, 3.05) is 5.73 Å². The quantitative estimate of drug-likeness (QED) is 0.769. The summed E-state index contributed by atoms with van der Waals surface area (Å²) in [5, 5.41) is 8.18. The van der Waals surface area contributed by atoms with E-state index in [0.717, 1.165) is 47.3 Å². The Morgan fingerprint density at radius 1 is 1.19 bits per heavy atom. The number of anilines is 1. The predicted molar refractivity (Wildman–Crippen MR) is 84.9 cm³/mol. The highest BCUT2D eigenvalue weighted by Crippen LogP contribution is 2.30. The van der Waals surface area contributed by atoms with Crippen LogP contribution in [0.1, 0.15) is 31.2 Å². The Morgan fingerprint density at radius 2 is 2.00 bits per heavy atom. The summed E-state index contributed by atoms with van der Waals surface area (Å²) in [6.07, 6.45) is 3.00. The lowest BCUT2D eigenvalue weighted by Gasteiger charge is -2.05. The summed E-state index contributed by atoms with van der Waals surface area (Å²) < 4.78 is 0. The molecule has 21 heavy (non-hydrogen) atoms. The molecule has 0 aliphatic heterocycles. The third-order valence-corrected chi connectivity index (χ3v) is 3.66. The first-order chi connectivity index (χ1) is 10.2. The molecule has 2 aromatic heterocycles. The Kier molecular flexibility index (Phi) is 3.56. The molecule has 5 heteroatoms. The van der Waals surface area contributed by atoms with Gasteiger partial charge in [-0.05, 0) is 18.9 Å². The zero-order chi connectivity index (χ0) is 14.8. The van der Waals surface area contributed by atoms with Crippen molar-refractivity contribution in [3.8, 4) is 11.3 Å². The number of nitrogens with zero attached hydrogens (tertiary/aromatic N) is 3. The SMILES string of the molecule is CCCCc1nc(N)c2c(-c3ccccc3C)[nH]nc2n1. The van der Waals surface area contributed by atoms with Gasteiger partial charge in [-0.25, -0.2) is 9.97 Å². The lowest BCUT2D eigenvalue weighted by Crippen LogP contribution is -2.01. The molecule has 0 aliphatic carbocycles. The van der Waals surface area contributed by atoms with Crippen LogP contribution < -0.4 is 5.73 Å². The van der Waals surface area contributed by atoms with Gasteiger partial charge in [-0.1, -0.05) is 37.6 Å². The van der Waals surface area contributed by atoms with Gasteiger partial charge in [0.25, 0.3) is 0 Å². The Bertz CT molecular complexity index is 775. The van der Waals surface area contributed by atoms with Crippen LogP contribution in [0.15, 0.2) is 24.3 Å². The number of hydrogen-bond donors (Lipinski definition) is 2. The van der Waals surface area contributed by atoms with Gasteiger partial charge in [0.1, 0.15) is 11.6 Å². The van der Waals surface area contributed by atoms with E-state index in [1.54, 1.807) is 0 Å². The number of unbranched alkanes of at least 4 members (excludes halogenated alkanes) is 1. The standard InChI is InChI=1S/C16H19N5/c1-3-4-9-12-18-15(17)13-14(20-21-16(13)19-12)11-8-6-5-7-10(11)2/h5-8H,3-4,9H2,1-2H3,(H3,17,18,19,20,21). The normalized spacial score (nSPS) is 11.1. The molecule has 0 bridgehead atoms. The molecule has 3 N–H and O–H groups in total. The number of hydrogen-bond acceptors (Lipinski definition) is 4. The van der Waals surface area contributed by atoms with Crippen LogP contribution in [0, 0.1) is 6.92 Å². The van der Waals surface area contributed by atoms with Gasteiger partial charge >= 0.3 is 0 Å². The van der Waals surface area contributed by atoms with E-state index in [-0.39, 0.29) is 0 Å². The average molecular weight is 281 g/mol. The van der Waals surface area contributed by atoms with Gasteiger partial charge in [0.15, 0.2) is 5.65 Å². The second kappa shape index (κ2) is 5.52. The van der Waals surface area contributed by atoms with E-state index < -0.39 is 0 Å².